The molecule has 1 aliphatic carbocycles. The zero-order valence-electron chi connectivity index (χ0n) is 9.11. The van der Waals surface area contributed by atoms with Crippen LogP contribution in [-0.4, -0.2) is 18.4 Å². The summed E-state index contributed by atoms with van der Waals surface area (Å²) in [4.78, 5) is 3.15. The number of aromatic amines is 1. The predicted octanol–water partition coefficient (Wildman–Crippen LogP) is 2.93. The minimum atomic E-state index is 0.354. The molecule has 1 heterocycles. The summed E-state index contributed by atoms with van der Waals surface area (Å²) in [5.41, 5.74) is 1.13. The van der Waals surface area contributed by atoms with E-state index in [4.69, 9.17) is 9.47 Å². The average molecular weight is 217 g/mol. The summed E-state index contributed by atoms with van der Waals surface area (Å²) in [7, 11) is 0. The SMILES string of the molecule is c1cc2cc(OCOCC3CC3)ccc2[nH]1. The Hall–Kier alpha value is -1.48. The van der Waals surface area contributed by atoms with E-state index in [9.17, 15) is 0 Å². The monoisotopic (exact) mass is 217 g/mol. The number of nitrogens with one attached hydrogen (secondary N) is 1. The molecule has 0 radical (unpaired) electrons. The van der Waals surface area contributed by atoms with Crippen molar-refractivity contribution in [2.75, 3.05) is 13.4 Å². The van der Waals surface area contributed by atoms with Crippen LogP contribution in [0.15, 0.2) is 30.5 Å². The highest BCUT2D eigenvalue weighted by atomic mass is 16.7. The van der Waals surface area contributed by atoms with Gasteiger partial charge < -0.3 is 14.5 Å². The van der Waals surface area contributed by atoms with E-state index in [2.05, 4.69) is 4.98 Å². The van der Waals surface area contributed by atoms with Crippen LogP contribution in [0.25, 0.3) is 10.9 Å². The fraction of sp³-hybridized carbons (Fsp3) is 0.385. The molecule has 1 fully saturated rings. The van der Waals surface area contributed by atoms with Crippen LogP contribution in [0.4, 0.5) is 0 Å². The van der Waals surface area contributed by atoms with Crippen LogP contribution in [0.2, 0.25) is 0 Å². The lowest BCUT2D eigenvalue weighted by Gasteiger charge is -2.06. The van der Waals surface area contributed by atoms with Crippen molar-refractivity contribution in [2.24, 2.45) is 5.92 Å². The molecule has 0 saturated heterocycles. The fourth-order valence-corrected chi connectivity index (χ4v) is 1.73. The van der Waals surface area contributed by atoms with Gasteiger partial charge in [0.2, 0.25) is 0 Å². The Morgan fingerprint density at radius 2 is 2.19 bits per heavy atom. The second kappa shape index (κ2) is 4.18. The second-order valence-electron chi connectivity index (χ2n) is 4.30. The molecule has 0 unspecified atom stereocenters. The Labute approximate surface area is 94.4 Å². The molecule has 84 valence electrons. The van der Waals surface area contributed by atoms with Crippen molar-refractivity contribution in [2.45, 2.75) is 12.8 Å². The van der Waals surface area contributed by atoms with Crippen LogP contribution in [-0.2, 0) is 4.74 Å². The van der Waals surface area contributed by atoms with Crippen LogP contribution >= 0.6 is 0 Å². The number of benzene rings is 1. The number of hydrogen-bond donors (Lipinski definition) is 1. The van der Waals surface area contributed by atoms with Crippen LogP contribution in [0.3, 0.4) is 0 Å². The minimum absolute atomic E-state index is 0.354. The smallest absolute Gasteiger partial charge is 0.189 e. The summed E-state index contributed by atoms with van der Waals surface area (Å²) in [6.45, 7) is 1.19. The zero-order valence-corrected chi connectivity index (χ0v) is 9.11. The molecule has 1 saturated carbocycles. The molecule has 1 aromatic heterocycles. The normalized spacial score (nSPS) is 15.5. The largest absolute Gasteiger partial charge is 0.468 e. The Morgan fingerprint density at radius 1 is 1.25 bits per heavy atom. The molecular weight excluding hydrogens is 202 g/mol. The van der Waals surface area contributed by atoms with E-state index in [0.717, 1.165) is 23.8 Å². The van der Waals surface area contributed by atoms with Crippen LogP contribution in [0.5, 0.6) is 5.75 Å². The van der Waals surface area contributed by atoms with Crippen LogP contribution in [0, 0.1) is 5.92 Å². The zero-order chi connectivity index (χ0) is 10.8. The molecule has 0 atom stereocenters. The van der Waals surface area contributed by atoms with Gasteiger partial charge in [0.05, 0.1) is 6.61 Å². The number of H-pyrrole nitrogens is 1. The second-order valence-corrected chi connectivity index (χ2v) is 4.30. The van der Waals surface area contributed by atoms with Crippen LogP contribution < -0.4 is 4.74 Å². The molecule has 0 bridgehead atoms. The molecule has 1 N–H and O–H groups in total. The van der Waals surface area contributed by atoms with Gasteiger partial charge in [0, 0.05) is 17.1 Å². The van der Waals surface area contributed by atoms with Gasteiger partial charge >= 0.3 is 0 Å². The molecule has 0 aliphatic heterocycles. The summed E-state index contributed by atoms with van der Waals surface area (Å²) in [6, 6.07) is 8.03. The number of aromatic nitrogens is 1. The third-order valence-corrected chi connectivity index (χ3v) is 2.88. The molecule has 3 heteroatoms. The highest BCUT2D eigenvalue weighted by molar-refractivity contribution is 5.80. The van der Waals surface area contributed by atoms with E-state index < -0.39 is 0 Å². The van der Waals surface area contributed by atoms with Gasteiger partial charge in [-0.2, -0.15) is 0 Å². The molecule has 1 aromatic carbocycles. The Bertz CT molecular complexity index is 473. The summed E-state index contributed by atoms with van der Waals surface area (Å²) >= 11 is 0. The first kappa shape index (κ1) is 9.73. The first-order chi connectivity index (χ1) is 7.92. The minimum Gasteiger partial charge on any atom is -0.468 e. The van der Waals surface area contributed by atoms with Gasteiger partial charge in [-0.15, -0.1) is 0 Å². The van der Waals surface area contributed by atoms with Crippen molar-refractivity contribution in [1.82, 2.24) is 4.98 Å². The van der Waals surface area contributed by atoms with Crippen molar-refractivity contribution in [3.63, 3.8) is 0 Å². The number of rotatable bonds is 5. The maximum Gasteiger partial charge on any atom is 0.189 e. The van der Waals surface area contributed by atoms with E-state index in [1.807, 2.05) is 30.5 Å². The molecule has 3 rings (SSSR count). The molecule has 1 aliphatic rings. The molecule has 0 amide bonds. The lowest BCUT2D eigenvalue weighted by molar-refractivity contribution is 0.0101. The predicted molar refractivity (Wildman–Crippen MR) is 62.5 cm³/mol. The summed E-state index contributed by atoms with van der Waals surface area (Å²) < 4.78 is 11.0. The number of ether oxygens (including phenoxy) is 2. The van der Waals surface area contributed by atoms with Crippen molar-refractivity contribution < 1.29 is 9.47 Å². The van der Waals surface area contributed by atoms with Crippen LogP contribution in [0.1, 0.15) is 12.8 Å². The first-order valence-electron chi connectivity index (χ1n) is 5.69. The van der Waals surface area contributed by atoms with E-state index in [1.54, 1.807) is 0 Å². The van der Waals surface area contributed by atoms with Gasteiger partial charge in [-0.3, -0.25) is 0 Å². The maximum absolute atomic E-state index is 5.53. The molecule has 0 spiro atoms. The van der Waals surface area contributed by atoms with Gasteiger partial charge in [-0.1, -0.05) is 0 Å². The van der Waals surface area contributed by atoms with Gasteiger partial charge in [-0.05, 0) is 43.0 Å². The average Bonchev–Trinajstić information content (AvgIpc) is 3.01. The van der Waals surface area contributed by atoms with Crippen molar-refractivity contribution >= 4 is 10.9 Å². The van der Waals surface area contributed by atoms with E-state index in [-0.39, 0.29) is 0 Å². The van der Waals surface area contributed by atoms with Crippen molar-refractivity contribution in [1.29, 1.82) is 0 Å². The van der Waals surface area contributed by atoms with Gasteiger partial charge in [-0.25, -0.2) is 0 Å². The molecule has 3 nitrogen and oxygen atoms in total. The van der Waals surface area contributed by atoms with E-state index in [1.165, 1.54) is 18.2 Å². The first-order valence-corrected chi connectivity index (χ1v) is 5.69. The van der Waals surface area contributed by atoms with Gasteiger partial charge in [0.25, 0.3) is 0 Å². The molecule has 16 heavy (non-hydrogen) atoms. The topological polar surface area (TPSA) is 34.2 Å². The molecular formula is C13H15NO2. The fourth-order valence-electron chi connectivity index (χ4n) is 1.73. The lowest BCUT2D eigenvalue weighted by atomic mass is 10.2. The third kappa shape index (κ3) is 2.19. The number of fused-ring (bicyclic) bond motifs is 1. The summed E-state index contributed by atoms with van der Waals surface area (Å²) in [5.74, 6) is 1.65. The highest BCUT2D eigenvalue weighted by Gasteiger charge is 2.21. The van der Waals surface area contributed by atoms with E-state index >= 15 is 0 Å². The lowest BCUT2D eigenvalue weighted by Crippen LogP contribution is -2.04. The third-order valence-electron chi connectivity index (χ3n) is 2.88. The number of hydrogen-bond acceptors (Lipinski definition) is 2. The Balaban J connectivity index is 1.55. The van der Waals surface area contributed by atoms with Gasteiger partial charge in [0.1, 0.15) is 5.75 Å². The van der Waals surface area contributed by atoms with Gasteiger partial charge in [0.15, 0.2) is 6.79 Å². The summed E-state index contributed by atoms with van der Waals surface area (Å²) in [6.07, 6.45) is 4.56. The quantitative estimate of drug-likeness (QED) is 0.617. The highest BCUT2D eigenvalue weighted by Crippen LogP contribution is 2.28. The van der Waals surface area contributed by atoms with E-state index in [0.29, 0.717) is 6.79 Å². The van der Waals surface area contributed by atoms with Crippen molar-refractivity contribution in [3.05, 3.63) is 30.5 Å². The van der Waals surface area contributed by atoms with Crippen molar-refractivity contribution in [3.8, 4) is 5.75 Å². The Kier molecular flexibility index (Phi) is 2.54. The Morgan fingerprint density at radius 3 is 3.06 bits per heavy atom. The maximum atomic E-state index is 5.53. The molecule has 2 aromatic rings. The summed E-state index contributed by atoms with van der Waals surface area (Å²) in [5, 5.41) is 1.17. The standard InChI is InChI=1S/C13H15NO2/c1-2-10(1)8-15-9-16-12-3-4-13-11(7-12)5-6-14-13/h3-7,10,14H,1-2,8-9H2.